The lowest BCUT2D eigenvalue weighted by molar-refractivity contribution is -0.385. The van der Waals surface area contributed by atoms with Crippen molar-refractivity contribution in [3.8, 4) is 0 Å². The smallest absolute Gasteiger partial charge is 0.278 e. The number of oxime groups is 1. The van der Waals surface area contributed by atoms with E-state index in [0.717, 1.165) is 18.2 Å². The van der Waals surface area contributed by atoms with Crippen LogP contribution in [0, 0.1) is 21.7 Å². The van der Waals surface area contributed by atoms with Crippen molar-refractivity contribution in [3.05, 3.63) is 75.3 Å². The van der Waals surface area contributed by atoms with Crippen molar-refractivity contribution in [2.45, 2.75) is 24.7 Å². The van der Waals surface area contributed by atoms with E-state index in [1.165, 1.54) is 25.1 Å². The Morgan fingerprint density at radius 2 is 1.82 bits per heavy atom. The monoisotopic (exact) mass is 410 g/mol. The van der Waals surface area contributed by atoms with Crippen LogP contribution in [-0.2, 0) is 20.4 Å². The third-order valence-electron chi connectivity index (χ3n) is 4.28. The molecule has 2 aromatic carbocycles. The number of rotatable bonds is 6. The topological polar surface area (TPSA) is 98.9 Å². The highest BCUT2D eigenvalue weighted by molar-refractivity contribution is 7.90. The van der Waals surface area contributed by atoms with E-state index in [4.69, 9.17) is 4.84 Å². The normalized spacial score (nSPS) is 19.2. The molecule has 3 rings (SSSR count). The van der Waals surface area contributed by atoms with Gasteiger partial charge in [0.2, 0.25) is 0 Å². The van der Waals surface area contributed by atoms with Crippen LogP contribution in [0.4, 0.5) is 14.5 Å². The van der Waals surface area contributed by atoms with Crippen LogP contribution in [-0.4, -0.2) is 30.4 Å². The predicted molar refractivity (Wildman–Crippen MR) is 97.6 cm³/mol. The first-order chi connectivity index (χ1) is 13.1. The maximum atomic E-state index is 13.8. The Morgan fingerprint density at radius 3 is 2.46 bits per heavy atom. The molecule has 1 unspecified atom stereocenters. The van der Waals surface area contributed by atoms with Gasteiger partial charge in [-0.2, -0.15) is 0 Å². The molecule has 10 heteroatoms. The fourth-order valence-corrected chi connectivity index (χ4v) is 4.99. The van der Waals surface area contributed by atoms with Gasteiger partial charge in [0.15, 0.2) is 15.4 Å². The largest absolute Gasteiger partial charge is 0.388 e. The van der Waals surface area contributed by atoms with Crippen molar-refractivity contribution >= 4 is 21.2 Å². The lowest BCUT2D eigenvalue weighted by Gasteiger charge is -2.21. The lowest BCUT2D eigenvalue weighted by atomic mass is 9.97. The Labute approximate surface area is 159 Å². The number of nitro benzene ring substituents is 1. The molecule has 0 N–H and O–H groups in total. The zero-order valence-electron chi connectivity index (χ0n) is 14.8. The average Bonchev–Trinajstić information content (AvgIpc) is 2.99. The molecule has 148 valence electrons. The molecule has 0 radical (unpaired) electrons. The van der Waals surface area contributed by atoms with Gasteiger partial charge in [-0.3, -0.25) is 10.1 Å². The summed E-state index contributed by atoms with van der Waals surface area (Å²) < 4.78 is 52.6. The highest BCUT2D eigenvalue weighted by Gasteiger charge is 2.41. The molecule has 0 bridgehead atoms. The molecule has 1 heterocycles. The van der Waals surface area contributed by atoms with E-state index >= 15 is 0 Å². The van der Waals surface area contributed by atoms with Gasteiger partial charge in [0.05, 0.1) is 27.7 Å². The fraction of sp³-hybridized carbons (Fsp3) is 0.278. The molecular formula is C18H16F2N2O5S. The summed E-state index contributed by atoms with van der Waals surface area (Å²) in [6.07, 6.45) is -0.00314. The molecule has 0 spiro atoms. The fourth-order valence-electron chi connectivity index (χ4n) is 3.09. The van der Waals surface area contributed by atoms with Gasteiger partial charge in [-0.1, -0.05) is 23.4 Å². The van der Waals surface area contributed by atoms with Gasteiger partial charge in [0.25, 0.3) is 5.69 Å². The first-order valence-electron chi connectivity index (χ1n) is 8.22. The van der Waals surface area contributed by atoms with E-state index < -0.39 is 49.1 Å². The van der Waals surface area contributed by atoms with Crippen molar-refractivity contribution in [3.63, 3.8) is 0 Å². The van der Waals surface area contributed by atoms with E-state index in [0.29, 0.717) is 0 Å². The van der Waals surface area contributed by atoms with Crippen LogP contribution in [0.1, 0.15) is 24.5 Å². The van der Waals surface area contributed by atoms with Crippen LogP contribution in [0.15, 0.2) is 47.6 Å². The van der Waals surface area contributed by atoms with Crippen molar-refractivity contribution in [2.24, 2.45) is 5.16 Å². The summed E-state index contributed by atoms with van der Waals surface area (Å²) in [6.45, 7) is 1.48. The Balaban J connectivity index is 1.78. The molecular weight excluding hydrogens is 394 g/mol. The number of nitro groups is 1. The first-order valence-corrected chi connectivity index (χ1v) is 10.0. The molecule has 1 atom stereocenters. The number of hydrogen-bond donors (Lipinski definition) is 0. The van der Waals surface area contributed by atoms with Gasteiger partial charge in [0.1, 0.15) is 11.6 Å². The lowest BCUT2D eigenvalue weighted by Crippen LogP contribution is -2.35. The van der Waals surface area contributed by atoms with Crippen molar-refractivity contribution < 1.29 is 27.0 Å². The van der Waals surface area contributed by atoms with Gasteiger partial charge in [-0.15, -0.1) is 0 Å². The van der Waals surface area contributed by atoms with Gasteiger partial charge >= 0.3 is 0 Å². The maximum Gasteiger partial charge on any atom is 0.278 e. The second-order valence-electron chi connectivity index (χ2n) is 6.76. The van der Waals surface area contributed by atoms with Crippen LogP contribution < -0.4 is 0 Å². The third-order valence-corrected chi connectivity index (χ3v) is 6.06. The minimum Gasteiger partial charge on any atom is -0.388 e. The van der Waals surface area contributed by atoms with Crippen LogP contribution >= 0.6 is 0 Å². The SMILES string of the molecule is CC1(CS(=O)(=O)Cc2c(F)cccc2F)CC(c2ccccc2[N+](=O)[O-])=NO1. The molecule has 1 aliphatic rings. The van der Waals surface area contributed by atoms with Crippen LogP contribution in [0.5, 0.6) is 0 Å². The highest BCUT2D eigenvalue weighted by Crippen LogP contribution is 2.32. The average molecular weight is 410 g/mol. The van der Waals surface area contributed by atoms with Gasteiger partial charge in [-0.25, -0.2) is 17.2 Å². The predicted octanol–water partition coefficient (Wildman–Crippen LogP) is 3.37. The molecule has 0 saturated heterocycles. The number of nitrogens with zero attached hydrogens (tertiary/aromatic N) is 2. The van der Waals surface area contributed by atoms with E-state index in [-0.39, 0.29) is 23.4 Å². The summed E-state index contributed by atoms with van der Waals surface area (Å²) in [5.74, 6) is -3.28. The minimum atomic E-state index is -3.97. The zero-order chi connectivity index (χ0) is 20.5. The Morgan fingerprint density at radius 1 is 1.18 bits per heavy atom. The number of halogens is 2. The zero-order valence-corrected chi connectivity index (χ0v) is 15.6. The van der Waals surface area contributed by atoms with Gasteiger partial charge < -0.3 is 4.84 Å². The van der Waals surface area contributed by atoms with E-state index in [1.54, 1.807) is 6.07 Å². The van der Waals surface area contributed by atoms with Crippen molar-refractivity contribution in [1.29, 1.82) is 0 Å². The molecule has 2 aromatic rings. The van der Waals surface area contributed by atoms with Crippen LogP contribution in [0.25, 0.3) is 0 Å². The molecule has 7 nitrogen and oxygen atoms in total. The van der Waals surface area contributed by atoms with Crippen LogP contribution in [0.2, 0.25) is 0 Å². The number of benzene rings is 2. The quantitative estimate of drug-likeness (QED) is 0.537. The van der Waals surface area contributed by atoms with Gasteiger partial charge in [-0.05, 0) is 25.1 Å². The summed E-state index contributed by atoms with van der Waals surface area (Å²) in [6, 6.07) is 9.02. The molecule has 1 aliphatic heterocycles. The third kappa shape index (κ3) is 4.16. The molecule has 0 saturated carbocycles. The first kappa shape index (κ1) is 19.9. The van der Waals surface area contributed by atoms with Crippen molar-refractivity contribution in [2.75, 3.05) is 5.75 Å². The highest BCUT2D eigenvalue weighted by atomic mass is 32.2. The summed E-state index contributed by atoms with van der Waals surface area (Å²) >= 11 is 0. The number of sulfone groups is 1. The van der Waals surface area contributed by atoms with E-state index in [2.05, 4.69) is 5.16 Å². The summed E-state index contributed by atoms with van der Waals surface area (Å²) in [7, 11) is -3.97. The standard InChI is InChI=1S/C18H16F2N2O5S/c1-18(11-28(25,26)10-13-14(19)6-4-7-15(13)20)9-16(21-27-18)12-5-2-3-8-17(12)22(23)24/h2-8H,9-11H2,1H3. The summed E-state index contributed by atoms with van der Waals surface area (Å²) in [5, 5.41) is 15.0. The summed E-state index contributed by atoms with van der Waals surface area (Å²) in [4.78, 5) is 15.9. The maximum absolute atomic E-state index is 13.8. The number of para-hydroxylation sites is 1. The van der Waals surface area contributed by atoms with Gasteiger partial charge in [0, 0.05) is 18.1 Å². The second-order valence-corrected chi connectivity index (χ2v) is 8.83. The Kier molecular flexibility index (Phi) is 5.16. The molecule has 0 aromatic heterocycles. The minimum absolute atomic E-state index is 0.00314. The van der Waals surface area contributed by atoms with Crippen molar-refractivity contribution in [1.82, 2.24) is 0 Å². The molecule has 0 fully saturated rings. The van der Waals surface area contributed by atoms with E-state index in [1.807, 2.05) is 0 Å². The second kappa shape index (κ2) is 7.27. The molecule has 0 aliphatic carbocycles. The van der Waals surface area contributed by atoms with E-state index in [9.17, 15) is 27.3 Å². The molecule has 0 amide bonds. The van der Waals surface area contributed by atoms with Crippen LogP contribution in [0.3, 0.4) is 0 Å². The Bertz CT molecular complexity index is 1050. The Hall–Kier alpha value is -2.88. The number of hydrogen-bond acceptors (Lipinski definition) is 6. The molecule has 28 heavy (non-hydrogen) atoms. The summed E-state index contributed by atoms with van der Waals surface area (Å²) in [5.41, 5.74) is -1.55.